The van der Waals surface area contributed by atoms with Crippen LogP contribution in [0.1, 0.15) is 0 Å². The summed E-state index contributed by atoms with van der Waals surface area (Å²) in [4.78, 5) is 4.72. The Bertz CT molecular complexity index is 1650. The van der Waals surface area contributed by atoms with Crippen LogP contribution in [-0.4, -0.2) is 48.3 Å². The van der Waals surface area contributed by atoms with E-state index in [-0.39, 0.29) is 10.7 Å². The minimum atomic E-state index is -3.99. The predicted octanol–water partition coefficient (Wildman–Crippen LogP) is 3.54. The van der Waals surface area contributed by atoms with E-state index in [1.807, 2.05) is 59.0 Å². The van der Waals surface area contributed by atoms with Gasteiger partial charge in [0.2, 0.25) is 5.65 Å². The number of fused-ring (bicyclic) bond motifs is 4. The molecule has 0 unspecified atom stereocenters. The summed E-state index contributed by atoms with van der Waals surface area (Å²) in [5.74, 6) is 1.68. The van der Waals surface area contributed by atoms with Gasteiger partial charge in [0.1, 0.15) is 13.2 Å². The number of nitrogens with zero attached hydrogens (tertiary/aromatic N) is 5. The average Bonchev–Trinajstić information content (AvgIpc) is 3.33. The molecule has 0 N–H and O–H groups in total. The first kappa shape index (κ1) is 20.4. The topological polar surface area (TPSA) is 98.9 Å². The van der Waals surface area contributed by atoms with Gasteiger partial charge in [0.25, 0.3) is 10.0 Å². The molecule has 0 spiro atoms. The fourth-order valence-electron chi connectivity index (χ4n) is 4.01. The number of rotatable bonds is 4. The molecule has 9 nitrogen and oxygen atoms in total. The van der Waals surface area contributed by atoms with Crippen LogP contribution in [0.4, 0.5) is 5.82 Å². The molecule has 34 heavy (non-hydrogen) atoms. The molecule has 10 heteroatoms. The number of para-hydroxylation sites is 2. The van der Waals surface area contributed by atoms with Crippen LogP contribution in [0.3, 0.4) is 0 Å². The van der Waals surface area contributed by atoms with E-state index in [0.717, 1.165) is 15.4 Å². The van der Waals surface area contributed by atoms with Gasteiger partial charge in [-0.25, -0.2) is 17.7 Å². The maximum absolute atomic E-state index is 13.6. The molecular weight excluding hydrogens is 454 g/mol. The van der Waals surface area contributed by atoms with Crippen molar-refractivity contribution in [3.63, 3.8) is 0 Å². The Kier molecular flexibility index (Phi) is 4.63. The Morgan fingerprint density at radius 3 is 2.44 bits per heavy atom. The Hall–Kier alpha value is -4.18. The van der Waals surface area contributed by atoms with Crippen molar-refractivity contribution in [3.05, 3.63) is 72.8 Å². The quantitative estimate of drug-likeness (QED) is 0.394. The summed E-state index contributed by atoms with van der Waals surface area (Å²) in [6.07, 6.45) is 0. The highest BCUT2D eigenvalue weighted by Gasteiger charge is 2.28. The maximum atomic E-state index is 13.6. The lowest BCUT2D eigenvalue weighted by atomic mass is 10.2. The van der Waals surface area contributed by atoms with Gasteiger partial charge in [-0.05, 0) is 24.3 Å². The van der Waals surface area contributed by atoms with Gasteiger partial charge in [-0.3, -0.25) is 4.40 Å². The monoisotopic (exact) mass is 473 g/mol. The normalized spacial score (nSPS) is 13.3. The van der Waals surface area contributed by atoms with E-state index in [0.29, 0.717) is 41.7 Å². The summed E-state index contributed by atoms with van der Waals surface area (Å²) >= 11 is 0. The summed E-state index contributed by atoms with van der Waals surface area (Å²) < 4.78 is 41.3. The molecule has 5 aromatic rings. The van der Waals surface area contributed by atoms with Gasteiger partial charge in [0.15, 0.2) is 23.1 Å². The van der Waals surface area contributed by atoms with Gasteiger partial charge in [-0.1, -0.05) is 42.5 Å². The number of hydrogen-bond donors (Lipinski definition) is 0. The fraction of sp³-hybridized carbons (Fsp3) is 0.125. The van der Waals surface area contributed by atoms with E-state index in [9.17, 15) is 8.42 Å². The van der Waals surface area contributed by atoms with Crippen molar-refractivity contribution >= 4 is 32.5 Å². The number of anilines is 1. The number of sulfonamides is 1. The third kappa shape index (κ3) is 3.14. The minimum absolute atomic E-state index is 0.0650. The molecule has 6 rings (SSSR count). The zero-order valence-electron chi connectivity index (χ0n) is 18.1. The van der Waals surface area contributed by atoms with Crippen molar-refractivity contribution in [1.82, 2.24) is 19.6 Å². The number of hydrogen-bond acceptors (Lipinski definition) is 7. The van der Waals surface area contributed by atoms with Crippen molar-refractivity contribution in [3.8, 4) is 22.9 Å². The first-order chi connectivity index (χ1) is 16.5. The lowest BCUT2D eigenvalue weighted by Gasteiger charge is -2.22. The smallest absolute Gasteiger partial charge is 0.265 e. The maximum Gasteiger partial charge on any atom is 0.265 e. The molecule has 0 fully saturated rings. The van der Waals surface area contributed by atoms with Crippen LogP contribution in [0, 0.1) is 0 Å². The average molecular weight is 474 g/mol. The minimum Gasteiger partial charge on any atom is -0.486 e. The molecule has 0 saturated carbocycles. The molecule has 0 atom stereocenters. The molecule has 3 aromatic carbocycles. The summed E-state index contributed by atoms with van der Waals surface area (Å²) in [7, 11) is -2.53. The summed E-state index contributed by atoms with van der Waals surface area (Å²) in [6.45, 7) is 0.788. The van der Waals surface area contributed by atoms with E-state index in [1.165, 1.54) is 19.2 Å². The van der Waals surface area contributed by atoms with Gasteiger partial charge in [-0.2, -0.15) is 0 Å². The predicted molar refractivity (Wildman–Crippen MR) is 127 cm³/mol. The fourth-order valence-corrected chi connectivity index (χ4v) is 5.17. The highest BCUT2D eigenvalue weighted by molar-refractivity contribution is 7.92. The molecule has 2 aromatic heterocycles. The van der Waals surface area contributed by atoms with Crippen molar-refractivity contribution in [1.29, 1.82) is 0 Å². The third-order valence-corrected chi connectivity index (χ3v) is 7.46. The molecule has 0 bridgehead atoms. The van der Waals surface area contributed by atoms with E-state index in [2.05, 4.69) is 15.2 Å². The van der Waals surface area contributed by atoms with Gasteiger partial charge in [0, 0.05) is 18.7 Å². The molecular formula is C24H19N5O4S. The molecule has 170 valence electrons. The lowest BCUT2D eigenvalue weighted by Crippen LogP contribution is -2.28. The first-order valence-electron chi connectivity index (χ1n) is 10.6. The van der Waals surface area contributed by atoms with Crippen molar-refractivity contribution in [2.75, 3.05) is 24.6 Å². The van der Waals surface area contributed by atoms with E-state index in [1.54, 1.807) is 6.07 Å². The van der Waals surface area contributed by atoms with Crippen LogP contribution in [0.25, 0.3) is 28.1 Å². The highest BCUT2D eigenvalue weighted by atomic mass is 32.2. The summed E-state index contributed by atoms with van der Waals surface area (Å²) in [6, 6.07) is 21.7. The van der Waals surface area contributed by atoms with E-state index < -0.39 is 10.0 Å². The van der Waals surface area contributed by atoms with Crippen molar-refractivity contribution in [2.45, 2.75) is 4.90 Å². The molecule has 1 aliphatic rings. The first-order valence-corrected chi connectivity index (χ1v) is 12.1. The van der Waals surface area contributed by atoms with Gasteiger partial charge in [0.05, 0.1) is 15.9 Å². The molecule has 0 saturated heterocycles. The molecule has 0 aliphatic carbocycles. The number of benzene rings is 3. The van der Waals surface area contributed by atoms with Gasteiger partial charge < -0.3 is 9.47 Å². The van der Waals surface area contributed by atoms with Crippen LogP contribution >= 0.6 is 0 Å². The van der Waals surface area contributed by atoms with Crippen molar-refractivity contribution < 1.29 is 17.9 Å². The second-order valence-corrected chi connectivity index (χ2v) is 9.72. The van der Waals surface area contributed by atoms with E-state index >= 15 is 0 Å². The third-order valence-electron chi connectivity index (χ3n) is 5.71. The highest BCUT2D eigenvalue weighted by Crippen LogP contribution is 2.35. The van der Waals surface area contributed by atoms with Crippen LogP contribution < -0.4 is 13.8 Å². The zero-order chi connectivity index (χ0) is 23.3. The van der Waals surface area contributed by atoms with Crippen LogP contribution in [0.2, 0.25) is 0 Å². The standard InChI is InChI=1S/C24H19N5O4S/c1-28(34(30,31)17-11-12-20-21(15-17)33-14-13-32-20)23-24-27-26-22(16-7-3-2-4-8-16)29(24)19-10-6-5-9-18(19)25-23/h2-12,15H,13-14H2,1H3. The Morgan fingerprint density at radius 1 is 0.882 bits per heavy atom. The lowest BCUT2D eigenvalue weighted by molar-refractivity contribution is 0.171. The van der Waals surface area contributed by atoms with Gasteiger partial charge in [-0.15, -0.1) is 10.2 Å². The zero-order valence-corrected chi connectivity index (χ0v) is 18.9. The van der Waals surface area contributed by atoms with Gasteiger partial charge >= 0.3 is 0 Å². The second kappa shape index (κ2) is 7.70. The Balaban J connectivity index is 1.55. The summed E-state index contributed by atoms with van der Waals surface area (Å²) in [5, 5.41) is 8.73. The molecule has 3 heterocycles. The van der Waals surface area contributed by atoms with Crippen molar-refractivity contribution in [2.24, 2.45) is 0 Å². The largest absolute Gasteiger partial charge is 0.486 e. The summed E-state index contributed by atoms with van der Waals surface area (Å²) in [5.41, 5.74) is 2.58. The van der Waals surface area contributed by atoms with Crippen LogP contribution in [0.5, 0.6) is 11.5 Å². The SMILES string of the molecule is CN(c1nc2ccccc2n2c(-c3ccccc3)nnc12)S(=O)(=O)c1ccc2c(c1)OCCO2. The number of ether oxygens (including phenoxy) is 2. The number of aromatic nitrogens is 4. The Labute approximate surface area is 195 Å². The molecule has 0 radical (unpaired) electrons. The molecule has 0 amide bonds. The Morgan fingerprint density at radius 2 is 1.62 bits per heavy atom. The van der Waals surface area contributed by atoms with Crippen LogP contribution in [-0.2, 0) is 10.0 Å². The second-order valence-electron chi connectivity index (χ2n) is 7.75. The van der Waals surface area contributed by atoms with Crippen LogP contribution in [0.15, 0.2) is 77.7 Å². The molecule has 1 aliphatic heterocycles. The van der Waals surface area contributed by atoms with E-state index in [4.69, 9.17) is 9.47 Å².